The second kappa shape index (κ2) is 7.09. The first-order valence-corrected chi connectivity index (χ1v) is 6.26. The second-order valence-corrected chi connectivity index (χ2v) is 4.60. The van der Waals surface area contributed by atoms with Crippen molar-refractivity contribution in [3.8, 4) is 5.75 Å². The predicted molar refractivity (Wildman–Crippen MR) is 72.7 cm³/mol. The Kier molecular flexibility index (Phi) is 5.76. The Bertz CT molecular complexity index is 435. The van der Waals surface area contributed by atoms with Crippen molar-refractivity contribution in [1.82, 2.24) is 4.90 Å². The van der Waals surface area contributed by atoms with Gasteiger partial charge in [-0.2, -0.15) is 0 Å². The van der Waals surface area contributed by atoms with Crippen LogP contribution in [0.3, 0.4) is 0 Å². The number of rotatable bonds is 6. The molecule has 0 aliphatic heterocycles. The molecule has 4 nitrogen and oxygen atoms in total. The summed E-state index contributed by atoms with van der Waals surface area (Å²) < 4.78 is 18.6. The molecule has 0 bridgehead atoms. The van der Waals surface area contributed by atoms with E-state index < -0.39 is 5.92 Å². The number of halogens is 1. The summed E-state index contributed by atoms with van der Waals surface area (Å²) in [5.74, 6) is -0.347. The highest BCUT2D eigenvalue weighted by Gasteiger charge is 2.25. The average Bonchev–Trinajstić information content (AvgIpc) is 2.39. The Labute approximate surface area is 113 Å². The van der Waals surface area contributed by atoms with Crippen molar-refractivity contribution in [1.29, 1.82) is 0 Å². The van der Waals surface area contributed by atoms with Crippen molar-refractivity contribution in [2.75, 3.05) is 27.7 Å². The summed E-state index contributed by atoms with van der Waals surface area (Å²) in [4.78, 5) is 13.7. The zero-order valence-electron chi connectivity index (χ0n) is 11.6. The summed E-state index contributed by atoms with van der Waals surface area (Å²) in [5, 5.41) is 0. The number of hydrogen-bond donors (Lipinski definition) is 1. The van der Waals surface area contributed by atoms with Crippen LogP contribution in [-0.4, -0.2) is 38.6 Å². The number of hydrogen-bond acceptors (Lipinski definition) is 3. The van der Waals surface area contributed by atoms with Gasteiger partial charge in [-0.15, -0.1) is 0 Å². The van der Waals surface area contributed by atoms with Gasteiger partial charge < -0.3 is 15.4 Å². The molecule has 19 heavy (non-hydrogen) atoms. The molecular weight excluding hydrogens is 247 g/mol. The lowest BCUT2D eigenvalue weighted by Gasteiger charge is -2.22. The third-order valence-corrected chi connectivity index (χ3v) is 3.00. The number of likely N-dealkylation sites (N-methyl/N-ethyl adjacent to an activating group) is 1. The highest BCUT2D eigenvalue weighted by Crippen LogP contribution is 2.31. The highest BCUT2D eigenvalue weighted by molar-refractivity contribution is 5.84. The second-order valence-electron chi connectivity index (χ2n) is 4.60. The average molecular weight is 268 g/mol. The molecule has 1 unspecified atom stereocenters. The smallest absolute Gasteiger partial charge is 0.229 e. The number of benzene rings is 1. The van der Waals surface area contributed by atoms with Crippen molar-refractivity contribution in [2.24, 2.45) is 5.73 Å². The molecule has 5 heteroatoms. The molecule has 1 aromatic rings. The van der Waals surface area contributed by atoms with Crippen LogP contribution in [0.2, 0.25) is 0 Å². The summed E-state index contributed by atoms with van der Waals surface area (Å²) in [6, 6.07) is 4.23. The minimum absolute atomic E-state index is 0.0719. The van der Waals surface area contributed by atoms with Crippen molar-refractivity contribution >= 4 is 5.91 Å². The summed E-state index contributed by atoms with van der Waals surface area (Å²) in [6.45, 7) is 0.495. The van der Waals surface area contributed by atoms with Crippen molar-refractivity contribution in [2.45, 2.75) is 18.8 Å². The van der Waals surface area contributed by atoms with Crippen LogP contribution >= 0.6 is 0 Å². The SMILES string of the molecule is COc1ccc(F)cc1C(CCCN)C(=O)N(C)C. The van der Waals surface area contributed by atoms with Gasteiger partial charge >= 0.3 is 0 Å². The fraction of sp³-hybridized carbons (Fsp3) is 0.500. The minimum atomic E-state index is -0.427. The molecule has 1 atom stereocenters. The lowest BCUT2D eigenvalue weighted by molar-refractivity contribution is -0.130. The fourth-order valence-corrected chi connectivity index (χ4v) is 2.02. The molecule has 0 spiro atoms. The maximum atomic E-state index is 13.4. The number of nitrogens with two attached hydrogens (primary N) is 1. The van der Waals surface area contributed by atoms with Crippen LogP contribution in [0.5, 0.6) is 5.75 Å². The fourth-order valence-electron chi connectivity index (χ4n) is 2.02. The quantitative estimate of drug-likeness (QED) is 0.855. The van der Waals surface area contributed by atoms with Gasteiger partial charge in [0.2, 0.25) is 5.91 Å². The number of carbonyl (C=O) groups is 1. The van der Waals surface area contributed by atoms with E-state index in [1.165, 1.54) is 24.1 Å². The van der Waals surface area contributed by atoms with E-state index in [9.17, 15) is 9.18 Å². The predicted octanol–water partition coefficient (Wildman–Crippen LogP) is 1.74. The van der Waals surface area contributed by atoms with E-state index in [2.05, 4.69) is 0 Å². The van der Waals surface area contributed by atoms with Crippen molar-refractivity contribution < 1.29 is 13.9 Å². The molecule has 1 rings (SSSR count). The minimum Gasteiger partial charge on any atom is -0.496 e. The Morgan fingerprint density at radius 1 is 1.47 bits per heavy atom. The van der Waals surface area contributed by atoms with E-state index in [0.717, 1.165) is 0 Å². The highest BCUT2D eigenvalue weighted by atomic mass is 19.1. The monoisotopic (exact) mass is 268 g/mol. The van der Waals surface area contributed by atoms with Gasteiger partial charge in [-0.25, -0.2) is 4.39 Å². The first-order chi connectivity index (χ1) is 9.01. The van der Waals surface area contributed by atoms with Gasteiger partial charge in [0.25, 0.3) is 0 Å². The number of methoxy groups -OCH3 is 1. The molecule has 0 radical (unpaired) electrons. The van der Waals surface area contributed by atoms with Gasteiger partial charge in [0.05, 0.1) is 13.0 Å². The topological polar surface area (TPSA) is 55.6 Å². The molecule has 0 heterocycles. The Morgan fingerprint density at radius 3 is 2.68 bits per heavy atom. The van der Waals surface area contributed by atoms with Gasteiger partial charge in [0.1, 0.15) is 11.6 Å². The number of nitrogens with zero attached hydrogens (tertiary/aromatic N) is 1. The normalized spacial score (nSPS) is 12.1. The number of carbonyl (C=O) groups excluding carboxylic acids is 1. The van der Waals surface area contributed by atoms with Crippen LogP contribution in [-0.2, 0) is 4.79 Å². The Hall–Kier alpha value is -1.62. The lowest BCUT2D eigenvalue weighted by Crippen LogP contribution is -2.29. The van der Waals surface area contributed by atoms with Gasteiger partial charge in [-0.05, 0) is 37.6 Å². The first-order valence-electron chi connectivity index (χ1n) is 6.26. The first kappa shape index (κ1) is 15.4. The standard InChI is InChI=1S/C14H21FN2O2/c1-17(2)14(18)11(5-4-8-16)12-9-10(15)6-7-13(12)19-3/h6-7,9,11H,4-5,8,16H2,1-3H3. The van der Waals surface area contributed by atoms with E-state index in [1.807, 2.05) is 0 Å². The molecule has 0 fully saturated rings. The van der Waals surface area contributed by atoms with Gasteiger partial charge in [0, 0.05) is 19.7 Å². The molecule has 0 aromatic heterocycles. The number of ether oxygens (including phenoxy) is 1. The van der Waals surface area contributed by atoms with E-state index >= 15 is 0 Å². The molecule has 0 aliphatic carbocycles. The van der Waals surface area contributed by atoms with Crippen molar-refractivity contribution in [3.05, 3.63) is 29.6 Å². The summed E-state index contributed by atoms with van der Waals surface area (Å²) in [7, 11) is 4.88. The molecule has 2 N–H and O–H groups in total. The van der Waals surface area contributed by atoms with Gasteiger partial charge in [-0.3, -0.25) is 4.79 Å². The zero-order chi connectivity index (χ0) is 14.4. The summed E-state index contributed by atoms with van der Waals surface area (Å²) in [5.41, 5.74) is 6.08. The molecule has 106 valence electrons. The van der Waals surface area contributed by atoms with Crippen molar-refractivity contribution in [3.63, 3.8) is 0 Å². The Balaban J connectivity index is 3.15. The maximum Gasteiger partial charge on any atom is 0.229 e. The summed E-state index contributed by atoms with van der Waals surface area (Å²) in [6.07, 6.45) is 1.28. The molecule has 0 saturated carbocycles. The van der Waals surface area contributed by atoms with E-state index in [-0.39, 0.29) is 11.7 Å². The Morgan fingerprint density at radius 2 is 2.16 bits per heavy atom. The third kappa shape index (κ3) is 3.92. The van der Waals surface area contributed by atoms with Gasteiger partial charge in [0.15, 0.2) is 0 Å². The third-order valence-electron chi connectivity index (χ3n) is 3.00. The van der Waals surface area contributed by atoms with Crippen LogP contribution in [0.25, 0.3) is 0 Å². The molecule has 1 amide bonds. The van der Waals surface area contributed by atoms with Crippen LogP contribution in [0, 0.1) is 5.82 Å². The van der Waals surface area contributed by atoms with Crippen LogP contribution < -0.4 is 10.5 Å². The van der Waals surface area contributed by atoms with Crippen LogP contribution in [0.15, 0.2) is 18.2 Å². The van der Waals surface area contributed by atoms with Crippen LogP contribution in [0.4, 0.5) is 4.39 Å². The van der Waals surface area contributed by atoms with E-state index in [1.54, 1.807) is 20.2 Å². The van der Waals surface area contributed by atoms with E-state index in [0.29, 0.717) is 30.7 Å². The molecular formula is C14H21FN2O2. The molecule has 1 aromatic carbocycles. The largest absolute Gasteiger partial charge is 0.496 e. The number of amides is 1. The molecule has 0 aliphatic rings. The maximum absolute atomic E-state index is 13.4. The summed E-state index contributed by atoms with van der Waals surface area (Å²) >= 11 is 0. The van der Waals surface area contributed by atoms with Gasteiger partial charge in [-0.1, -0.05) is 0 Å². The molecule has 0 saturated heterocycles. The lowest BCUT2D eigenvalue weighted by atomic mass is 9.92. The zero-order valence-corrected chi connectivity index (χ0v) is 11.6. The van der Waals surface area contributed by atoms with Crippen LogP contribution in [0.1, 0.15) is 24.3 Å². The van der Waals surface area contributed by atoms with E-state index in [4.69, 9.17) is 10.5 Å².